The van der Waals surface area contributed by atoms with Gasteiger partial charge in [-0.25, -0.2) is 18.2 Å². The zero-order valence-corrected chi connectivity index (χ0v) is 31.8. The molecule has 0 bridgehead atoms. The van der Waals surface area contributed by atoms with Crippen molar-refractivity contribution in [3.8, 4) is 0 Å². The van der Waals surface area contributed by atoms with Crippen LogP contribution in [0, 0.1) is 11.8 Å². The Balaban J connectivity index is 1.57. The summed E-state index contributed by atoms with van der Waals surface area (Å²) in [6.45, 7) is 3.72. The number of pyridine rings is 1. The molecule has 0 aliphatic heterocycles. The van der Waals surface area contributed by atoms with Crippen LogP contribution in [-0.2, 0) is 27.8 Å². The summed E-state index contributed by atoms with van der Waals surface area (Å²) in [6, 6.07) is 17.7. The van der Waals surface area contributed by atoms with E-state index in [1.165, 1.54) is 39.7 Å². The molecule has 1 aliphatic rings. The Morgan fingerprint density at radius 1 is 1.02 bits per heavy atom. The standard InChI is InChI=1S/C38H52N8O7S/c1-4-26(2)35(43-38(49)45(3)24-30-15-10-16-32(41-30)36(39)44-51)37(48)42-33(21-27-11-6-5-7-12-27)34(47)25-46(23-29-13-8-9-14-29)54(52,53)31-19-17-28(18-20-31)22-40-50/h5-7,10-12,15-20,22,26,29,33-35,47,50-51H,4,8-9,13-14,21,23-25H2,1-3H3,(H2,39,44)(H,42,48)(H,43,49)/t26-,33-,34-,35-/m0/s1. The maximum absolute atomic E-state index is 14.1. The fourth-order valence-corrected chi connectivity index (χ4v) is 8.01. The first-order valence-corrected chi connectivity index (χ1v) is 19.6. The van der Waals surface area contributed by atoms with Gasteiger partial charge in [0.05, 0.1) is 35.5 Å². The average Bonchev–Trinajstić information content (AvgIpc) is 3.69. The topological polar surface area (TPSA) is 223 Å². The number of oxime groups is 2. The van der Waals surface area contributed by atoms with Crippen LogP contribution in [0.3, 0.4) is 0 Å². The van der Waals surface area contributed by atoms with Gasteiger partial charge in [0.15, 0.2) is 5.84 Å². The maximum Gasteiger partial charge on any atom is 0.318 e. The normalized spacial score (nSPS) is 16.2. The summed E-state index contributed by atoms with van der Waals surface area (Å²) in [7, 11) is -2.53. The molecular formula is C38H52N8O7S. The van der Waals surface area contributed by atoms with Crippen molar-refractivity contribution in [2.24, 2.45) is 27.9 Å². The number of hydrogen-bond donors (Lipinski definition) is 6. The van der Waals surface area contributed by atoms with Crippen LogP contribution >= 0.6 is 0 Å². The number of aliphatic hydroxyl groups excluding tert-OH is 1. The third-order valence-corrected chi connectivity index (χ3v) is 11.7. The van der Waals surface area contributed by atoms with E-state index in [-0.39, 0.29) is 54.3 Å². The summed E-state index contributed by atoms with van der Waals surface area (Å²) in [5.74, 6) is -0.886. The van der Waals surface area contributed by atoms with Crippen LogP contribution in [0.2, 0.25) is 0 Å². The summed E-state index contributed by atoms with van der Waals surface area (Å²) in [4.78, 5) is 33.3. The lowest BCUT2D eigenvalue weighted by Gasteiger charge is -2.33. The van der Waals surface area contributed by atoms with Gasteiger partial charge in [-0.3, -0.25) is 4.79 Å². The van der Waals surface area contributed by atoms with Crippen LogP contribution < -0.4 is 16.4 Å². The third kappa shape index (κ3) is 11.5. The van der Waals surface area contributed by atoms with E-state index >= 15 is 0 Å². The number of carbonyl (C=O) groups is 2. The van der Waals surface area contributed by atoms with E-state index in [0.29, 0.717) is 17.7 Å². The van der Waals surface area contributed by atoms with E-state index in [4.69, 9.17) is 16.1 Å². The summed E-state index contributed by atoms with van der Waals surface area (Å²) < 4.78 is 29.5. The lowest BCUT2D eigenvalue weighted by atomic mass is 9.96. The van der Waals surface area contributed by atoms with E-state index in [1.807, 2.05) is 44.2 Å². The molecule has 16 heteroatoms. The van der Waals surface area contributed by atoms with Gasteiger partial charge in [-0.1, -0.05) is 92.0 Å². The predicted octanol–water partition coefficient (Wildman–Crippen LogP) is 3.51. The smallest absolute Gasteiger partial charge is 0.318 e. The van der Waals surface area contributed by atoms with Crippen molar-refractivity contribution < 1.29 is 33.5 Å². The first-order chi connectivity index (χ1) is 25.9. The van der Waals surface area contributed by atoms with Crippen molar-refractivity contribution in [3.05, 3.63) is 95.3 Å². The Labute approximate surface area is 317 Å². The average molecular weight is 765 g/mol. The number of amidine groups is 1. The van der Waals surface area contributed by atoms with Crippen molar-refractivity contribution in [2.45, 2.75) is 82.0 Å². The second-order valence-electron chi connectivity index (χ2n) is 13.8. The number of nitrogens with zero attached hydrogens (tertiary/aromatic N) is 5. The molecular weight excluding hydrogens is 713 g/mol. The highest BCUT2D eigenvalue weighted by atomic mass is 32.2. The number of sulfonamides is 1. The predicted molar refractivity (Wildman–Crippen MR) is 205 cm³/mol. The molecule has 1 saturated carbocycles. The Morgan fingerprint density at radius 2 is 1.70 bits per heavy atom. The number of carbonyl (C=O) groups excluding carboxylic acids is 2. The minimum Gasteiger partial charge on any atom is -0.411 e. The van der Waals surface area contributed by atoms with Gasteiger partial charge in [-0.05, 0) is 66.5 Å². The molecule has 1 aliphatic carbocycles. The van der Waals surface area contributed by atoms with Gasteiger partial charge in [0.2, 0.25) is 15.9 Å². The highest BCUT2D eigenvalue weighted by Crippen LogP contribution is 2.28. The highest BCUT2D eigenvalue weighted by Gasteiger charge is 2.35. The zero-order valence-electron chi connectivity index (χ0n) is 31.0. The van der Waals surface area contributed by atoms with E-state index in [1.54, 1.807) is 25.2 Å². The maximum atomic E-state index is 14.1. The highest BCUT2D eigenvalue weighted by molar-refractivity contribution is 7.89. The summed E-state index contributed by atoms with van der Waals surface area (Å²) in [5, 5.41) is 41.6. The molecule has 3 amide bonds. The number of nitrogens with two attached hydrogens (primary N) is 1. The summed E-state index contributed by atoms with van der Waals surface area (Å²) in [6.07, 6.45) is 4.36. The number of nitrogens with one attached hydrogen (secondary N) is 2. The minimum absolute atomic E-state index is 0.0296. The number of urea groups is 1. The number of benzene rings is 2. The van der Waals surface area contributed by atoms with Crippen LogP contribution in [0.1, 0.15) is 68.5 Å². The molecule has 0 saturated heterocycles. The van der Waals surface area contributed by atoms with Gasteiger partial charge in [0, 0.05) is 20.1 Å². The lowest BCUT2D eigenvalue weighted by Crippen LogP contribution is -2.58. The molecule has 4 rings (SSSR count). The van der Waals surface area contributed by atoms with Crippen LogP contribution in [0.25, 0.3) is 0 Å². The molecule has 1 fully saturated rings. The molecule has 7 N–H and O–H groups in total. The minimum atomic E-state index is -4.08. The molecule has 3 aromatic rings. The summed E-state index contributed by atoms with van der Waals surface area (Å²) >= 11 is 0. The van der Waals surface area contributed by atoms with Crippen LogP contribution in [0.4, 0.5) is 4.79 Å². The van der Waals surface area contributed by atoms with Gasteiger partial charge in [0.25, 0.3) is 0 Å². The van der Waals surface area contributed by atoms with Crippen LogP contribution in [0.15, 0.2) is 88.0 Å². The van der Waals surface area contributed by atoms with Crippen molar-refractivity contribution >= 4 is 34.0 Å². The second kappa shape index (κ2) is 19.9. The molecule has 1 aromatic heterocycles. The molecule has 0 spiro atoms. The number of aliphatic hydroxyl groups is 1. The van der Waals surface area contributed by atoms with Crippen molar-refractivity contribution in [1.29, 1.82) is 0 Å². The van der Waals surface area contributed by atoms with Crippen molar-refractivity contribution in [3.63, 3.8) is 0 Å². The molecule has 1 heterocycles. The number of aromatic nitrogens is 1. The second-order valence-corrected chi connectivity index (χ2v) is 15.8. The van der Waals surface area contributed by atoms with Gasteiger partial charge < -0.3 is 36.8 Å². The molecule has 0 radical (unpaired) electrons. The fourth-order valence-electron chi connectivity index (χ4n) is 6.47. The monoisotopic (exact) mass is 764 g/mol. The summed E-state index contributed by atoms with van der Waals surface area (Å²) in [5.41, 5.74) is 7.72. The Bertz CT molecular complexity index is 1840. The van der Waals surface area contributed by atoms with Gasteiger partial charge >= 0.3 is 6.03 Å². The third-order valence-electron chi connectivity index (χ3n) is 9.84. The molecule has 2 aromatic carbocycles. The molecule has 292 valence electrons. The Hall–Kier alpha value is -5.06. The lowest BCUT2D eigenvalue weighted by molar-refractivity contribution is -0.125. The zero-order chi connectivity index (χ0) is 39.3. The van der Waals surface area contributed by atoms with Crippen molar-refractivity contribution in [2.75, 3.05) is 20.1 Å². The van der Waals surface area contributed by atoms with Gasteiger partial charge in [0.1, 0.15) is 11.7 Å². The molecule has 15 nitrogen and oxygen atoms in total. The fraction of sp³-hybridized carbons (Fsp3) is 0.447. The van der Waals surface area contributed by atoms with E-state index in [9.17, 15) is 23.1 Å². The first kappa shape index (κ1) is 41.7. The Morgan fingerprint density at radius 3 is 2.33 bits per heavy atom. The quantitative estimate of drug-likeness (QED) is 0.0482. The van der Waals surface area contributed by atoms with Crippen LogP contribution in [-0.4, -0.2) is 100 Å². The Kier molecular flexibility index (Phi) is 15.3. The van der Waals surface area contributed by atoms with Gasteiger partial charge in [-0.15, -0.1) is 0 Å². The largest absolute Gasteiger partial charge is 0.411 e. The first-order valence-electron chi connectivity index (χ1n) is 18.1. The number of hydrogen-bond acceptors (Lipinski definition) is 10. The molecule has 4 atom stereocenters. The molecule has 0 unspecified atom stereocenters. The van der Waals surface area contributed by atoms with E-state index in [2.05, 4.69) is 25.9 Å². The van der Waals surface area contributed by atoms with E-state index < -0.39 is 40.1 Å². The number of rotatable bonds is 18. The number of amides is 3. The molecule has 54 heavy (non-hydrogen) atoms. The van der Waals surface area contributed by atoms with Crippen molar-refractivity contribution in [1.82, 2.24) is 24.8 Å². The van der Waals surface area contributed by atoms with Crippen LogP contribution in [0.5, 0.6) is 0 Å². The van der Waals surface area contributed by atoms with E-state index in [0.717, 1.165) is 31.2 Å². The SMILES string of the molecule is CC[C@H](C)[C@H](NC(=O)N(C)Cc1cccc(C(N)=NO)n1)C(=O)N[C@@H](Cc1ccccc1)[C@@H](O)CN(CC1CCCC1)S(=O)(=O)c1ccc(C=NO)cc1. The van der Waals surface area contributed by atoms with Gasteiger partial charge in [-0.2, -0.15) is 4.31 Å².